The Morgan fingerprint density at radius 1 is 0.839 bits per heavy atom. The van der Waals surface area contributed by atoms with E-state index in [2.05, 4.69) is 4.74 Å². The quantitative estimate of drug-likeness (QED) is 0.495. The molecule has 0 aromatic heterocycles. The molecule has 8 nitrogen and oxygen atoms in total. The van der Waals surface area contributed by atoms with Gasteiger partial charge in [0.25, 0.3) is 0 Å². The maximum absolute atomic E-state index is 13.2. The Bertz CT molecular complexity index is 1040. The Morgan fingerprint density at radius 3 is 2.03 bits per heavy atom. The third-order valence-corrected chi connectivity index (χ3v) is 6.99. The Labute approximate surface area is 181 Å². The second kappa shape index (κ2) is 9.93. The van der Waals surface area contributed by atoms with Gasteiger partial charge in [-0.05, 0) is 55.3 Å². The molecular weight excluding hydrogens is 422 g/mol. The van der Waals surface area contributed by atoms with Crippen LogP contribution in [-0.2, 0) is 14.8 Å². The molecule has 0 bridgehead atoms. The Hall–Kier alpha value is -2.91. The molecule has 31 heavy (non-hydrogen) atoms. The van der Waals surface area contributed by atoms with E-state index in [4.69, 9.17) is 9.47 Å². The van der Waals surface area contributed by atoms with Crippen LogP contribution in [0.25, 0.3) is 0 Å². The number of hydrogen-bond acceptors (Lipinski definition) is 7. The average Bonchev–Trinajstić information content (AvgIpc) is 3.09. The molecule has 9 heteroatoms. The Balaban J connectivity index is 1.85. The number of nitrogens with zero attached hydrogens (tertiary/aromatic N) is 1. The highest BCUT2D eigenvalue weighted by Gasteiger charge is 2.29. The van der Waals surface area contributed by atoms with E-state index in [0.29, 0.717) is 18.7 Å². The smallest absolute Gasteiger partial charge is 0.343 e. The highest BCUT2D eigenvalue weighted by Crippen LogP contribution is 2.30. The monoisotopic (exact) mass is 447 g/mol. The zero-order valence-electron chi connectivity index (χ0n) is 17.5. The maximum atomic E-state index is 13.2. The van der Waals surface area contributed by atoms with Gasteiger partial charge in [0.1, 0.15) is 16.4 Å². The van der Waals surface area contributed by atoms with Crippen LogP contribution >= 0.6 is 0 Å². The van der Waals surface area contributed by atoms with E-state index in [1.54, 1.807) is 0 Å². The fourth-order valence-corrected chi connectivity index (χ4v) is 5.07. The zero-order chi connectivity index (χ0) is 22.4. The third-order valence-electron chi connectivity index (χ3n) is 5.07. The first-order valence-corrected chi connectivity index (χ1v) is 11.4. The molecule has 0 atom stereocenters. The van der Waals surface area contributed by atoms with Crippen LogP contribution < -0.4 is 9.47 Å². The molecular formula is C22H25NO7S. The van der Waals surface area contributed by atoms with Crippen LogP contribution in [0.15, 0.2) is 47.4 Å². The SMILES string of the molecule is COC(=O)c1ccc(OC(=O)c2ccc(OC)c(S(=O)(=O)N3CCCCCC3)c2)cc1. The Kier molecular flexibility index (Phi) is 7.29. The molecule has 1 saturated heterocycles. The van der Waals surface area contributed by atoms with Gasteiger partial charge in [-0.25, -0.2) is 18.0 Å². The lowest BCUT2D eigenvalue weighted by Crippen LogP contribution is -2.32. The summed E-state index contributed by atoms with van der Waals surface area (Å²) in [4.78, 5) is 24.1. The van der Waals surface area contributed by atoms with Crippen molar-refractivity contribution in [3.05, 3.63) is 53.6 Å². The molecule has 2 aromatic carbocycles. The highest BCUT2D eigenvalue weighted by molar-refractivity contribution is 7.89. The fourth-order valence-electron chi connectivity index (χ4n) is 3.37. The van der Waals surface area contributed by atoms with E-state index in [1.165, 1.54) is 61.0 Å². The molecule has 0 radical (unpaired) electrons. The first kappa shape index (κ1) is 22.8. The number of carbonyl (C=O) groups is 2. The number of sulfonamides is 1. The predicted octanol–water partition coefficient (Wildman–Crippen LogP) is 3.27. The molecule has 1 aliphatic rings. The molecule has 1 aliphatic heterocycles. The topological polar surface area (TPSA) is 99.2 Å². The number of ether oxygens (including phenoxy) is 3. The summed E-state index contributed by atoms with van der Waals surface area (Å²) in [6.07, 6.45) is 3.57. The number of hydrogen-bond donors (Lipinski definition) is 0. The number of benzene rings is 2. The normalized spacial score (nSPS) is 15.0. The van der Waals surface area contributed by atoms with Crippen LogP contribution in [0.3, 0.4) is 0 Å². The molecule has 0 aliphatic carbocycles. The van der Waals surface area contributed by atoms with Gasteiger partial charge in [0, 0.05) is 13.1 Å². The van der Waals surface area contributed by atoms with Crippen LogP contribution in [0, 0.1) is 0 Å². The van der Waals surface area contributed by atoms with Crippen molar-refractivity contribution in [2.45, 2.75) is 30.6 Å². The van der Waals surface area contributed by atoms with Gasteiger partial charge in [-0.3, -0.25) is 0 Å². The van der Waals surface area contributed by atoms with Gasteiger partial charge >= 0.3 is 11.9 Å². The number of carbonyl (C=O) groups excluding carboxylic acids is 2. The minimum atomic E-state index is -3.83. The number of esters is 2. The van der Waals surface area contributed by atoms with Gasteiger partial charge in [0.2, 0.25) is 10.0 Å². The lowest BCUT2D eigenvalue weighted by molar-refractivity contribution is 0.0600. The molecule has 0 spiro atoms. The fraction of sp³-hybridized carbons (Fsp3) is 0.364. The summed E-state index contributed by atoms with van der Waals surface area (Å²) in [5, 5.41) is 0. The first-order valence-electron chi connectivity index (χ1n) is 9.95. The van der Waals surface area contributed by atoms with Gasteiger partial charge in [-0.15, -0.1) is 0 Å². The van der Waals surface area contributed by atoms with Crippen molar-refractivity contribution in [1.29, 1.82) is 0 Å². The van der Waals surface area contributed by atoms with Crippen LogP contribution in [0.2, 0.25) is 0 Å². The van der Waals surface area contributed by atoms with Gasteiger partial charge in [-0.1, -0.05) is 12.8 Å². The van der Waals surface area contributed by atoms with Crippen molar-refractivity contribution in [3.8, 4) is 11.5 Å². The summed E-state index contributed by atoms with van der Waals surface area (Å²) in [5.41, 5.74) is 0.392. The molecule has 3 rings (SSSR count). The molecule has 166 valence electrons. The van der Waals surface area contributed by atoms with Gasteiger partial charge < -0.3 is 14.2 Å². The largest absolute Gasteiger partial charge is 0.495 e. The van der Waals surface area contributed by atoms with E-state index in [-0.39, 0.29) is 22.0 Å². The molecule has 0 unspecified atom stereocenters. The lowest BCUT2D eigenvalue weighted by Gasteiger charge is -2.21. The standard InChI is InChI=1S/C22H25NO7S/c1-28-19-12-9-17(15-20(19)31(26,27)23-13-5-3-4-6-14-23)22(25)30-18-10-7-16(8-11-18)21(24)29-2/h7-12,15H,3-6,13-14H2,1-2H3. The van der Waals surface area contributed by atoms with E-state index < -0.39 is 22.0 Å². The van der Waals surface area contributed by atoms with Crippen LogP contribution in [0.5, 0.6) is 11.5 Å². The lowest BCUT2D eigenvalue weighted by atomic mass is 10.2. The maximum Gasteiger partial charge on any atom is 0.343 e. The van der Waals surface area contributed by atoms with Gasteiger partial charge in [0.05, 0.1) is 25.3 Å². The van der Waals surface area contributed by atoms with Crippen LogP contribution in [0.4, 0.5) is 0 Å². The third kappa shape index (κ3) is 5.23. The van der Waals surface area contributed by atoms with E-state index in [0.717, 1.165) is 25.7 Å². The van der Waals surface area contributed by atoms with Gasteiger partial charge in [-0.2, -0.15) is 4.31 Å². The summed E-state index contributed by atoms with van der Waals surface area (Å²) < 4.78 is 43.1. The highest BCUT2D eigenvalue weighted by atomic mass is 32.2. The second-order valence-electron chi connectivity index (χ2n) is 7.09. The van der Waals surface area contributed by atoms with Crippen molar-refractivity contribution in [2.75, 3.05) is 27.3 Å². The van der Waals surface area contributed by atoms with Crippen LogP contribution in [0.1, 0.15) is 46.4 Å². The summed E-state index contributed by atoms with van der Waals surface area (Å²) in [5.74, 6) is -0.842. The summed E-state index contributed by atoms with van der Waals surface area (Å²) in [6.45, 7) is 0.874. The number of rotatable bonds is 6. The van der Waals surface area contributed by atoms with Crippen molar-refractivity contribution in [3.63, 3.8) is 0 Å². The molecule has 1 fully saturated rings. The average molecular weight is 448 g/mol. The van der Waals surface area contributed by atoms with E-state index >= 15 is 0 Å². The molecule has 1 heterocycles. The van der Waals surface area contributed by atoms with Crippen LogP contribution in [-0.4, -0.2) is 52.0 Å². The van der Waals surface area contributed by atoms with E-state index in [1.807, 2.05) is 0 Å². The van der Waals surface area contributed by atoms with Crippen molar-refractivity contribution in [1.82, 2.24) is 4.31 Å². The molecule has 0 N–H and O–H groups in total. The number of methoxy groups -OCH3 is 2. The summed E-state index contributed by atoms with van der Waals surface area (Å²) in [6, 6.07) is 10.0. The molecule has 0 amide bonds. The summed E-state index contributed by atoms with van der Waals surface area (Å²) >= 11 is 0. The Morgan fingerprint density at radius 2 is 1.45 bits per heavy atom. The van der Waals surface area contributed by atoms with Crippen molar-refractivity contribution < 1.29 is 32.2 Å². The molecule has 0 saturated carbocycles. The zero-order valence-corrected chi connectivity index (χ0v) is 18.3. The van der Waals surface area contributed by atoms with E-state index in [9.17, 15) is 18.0 Å². The minimum absolute atomic E-state index is 0.0626. The predicted molar refractivity (Wildman–Crippen MR) is 113 cm³/mol. The minimum Gasteiger partial charge on any atom is -0.495 e. The second-order valence-corrected chi connectivity index (χ2v) is 9.00. The first-order chi connectivity index (χ1) is 14.9. The van der Waals surface area contributed by atoms with Gasteiger partial charge in [0.15, 0.2) is 0 Å². The van der Waals surface area contributed by atoms with Crippen molar-refractivity contribution >= 4 is 22.0 Å². The summed E-state index contributed by atoms with van der Waals surface area (Å²) in [7, 11) is -1.16. The molecule has 2 aromatic rings. The van der Waals surface area contributed by atoms with Crippen molar-refractivity contribution in [2.24, 2.45) is 0 Å².